The number of nitrogens with one attached hydrogen (secondary N) is 1. The first-order valence-electron chi connectivity index (χ1n) is 9.10. The Hall–Kier alpha value is -2.40. The number of carbonyl (C=O) groups excluding carboxylic acids is 2. The highest BCUT2D eigenvalue weighted by Gasteiger charge is 2.28. The highest BCUT2D eigenvalue weighted by atomic mass is 35.5. The van der Waals surface area contributed by atoms with Gasteiger partial charge in [-0.3, -0.25) is 9.59 Å². The summed E-state index contributed by atoms with van der Waals surface area (Å²) >= 11 is 5.87. The van der Waals surface area contributed by atoms with Crippen molar-refractivity contribution in [1.82, 2.24) is 10.2 Å². The van der Waals surface area contributed by atoms with Crippen LogP contribution in [0.5, 0.6) is 0 Å². The zero-order valence-corrected chi connectivity index (χ0v) is 15.7. The maximum atomic E-state index is 12.9. The number of piperidine rings is 1. The molecule has 0 saturated carbocycles. The molecule has 1 aliphatic heterocycles. The van der Waals surface area contributed by atoms with Crippen molar-refractivity contribution in [2.45, 2.75) is 19.3 Å². The normalized spacial score (nSPS) is 16.8. The van der Waals surface area contributed by atoms with Crippen molar-refractivity contribution < 1.29 is 14.0 Å². The molecule has 6 heteroatoms. The Morgan fingerprint density at radius 2 is 1.81 bits per heavy atom. The van der Waals surface area contributed by atoms with Crippen molar-refractivity contribution in [3.05, 3.63) is 70.5 Å². The van der Waals surface area contributed by atoms with Gasteiger partial charge in [0.25, 0.3) is 5.91 Å². The van der Waals surface area contributed by atoms with E-state index in [2.05, 4.69) is 5.32 Å². The monoisotopic (exact) mass is 388 g/mol. The zero-order chi connectivity index (χ0) is 19.2. The van der Waals surface area contributed by atoms with Crippen LogP contribution in [0, 0.1) is 11.7 Å². The lowest BCUT2D eigenvalue weighted by Crippen LogP contribution is -2.45. The van der Waals surface area contributed by atoms with Gasteiger partial charge in [-0.1, -0.05) is 23.7 Å². The van der Waals surface area contributed by atoms with Crippen LogP contribution in [0.3, 0.4) is 0 Å². The fourth-order valence-electron chi connectivity index (χ4n) is 3.28. The third-order valence-electron chi connectivity index (χ3n) is 4.80. The van der Waals surface area contributed by atoms with Gasteiger partial charge in [-0.05, 0) is 61.2 Å². The van der Waals surface area contributed by atoms with Crippen molar-refractivity contribution in [3.63, 3.8) is 0 Å². The van der Waals surface area contributed by atoms with E-state index in [4.69, 9.17) is 11.6 Å². The lowest BCUT2D eigenvalue weighted by atomic mass is 9.96. The molecule has 4 nitrogen and oxygen atoms in total. The SMILES string of the molecule is O=C(NCCc1ccc(F)cc1)[C@@H]1CCCN(C(=O)c2ccc(Cl)cc2)C1. The van der Waals surface area contributed by atoms with Crippen molar-refractivity contribution in [1.29, 1.82) is 0 Å². The summed E-state index contributed by atoms with van der Waals surface area (Å²) < 4.78 is 12.9. The Morgan fingerprint density at radius 3 is 2.52 bits per heavy atom. The zero-order valence-electron chi connectivity index (χ0n) is 15.0. The van der Waals surface area contributed by atoms with Gasteiger partial charge in [0.2, 0.25) is 5.91 Å². The van der Waals surface area contributed by atoms with E-state index in [1.807, 2.05) is 0 Å². The van der Waals surface area contributed by atoms with E-state index in [9.17, 15) is 14.0 Å². The predicted molar refractivity (Wildman–Crippen MR) is 103 cm³/mol. The summed E-state index contributed by atoms with van der Waals surface area (Å²) in [4.78, 5) is 26.8. The van der Waals surface area contributed by atoms with E-state index in [0.29, 0.717) is 36.6 Å². The van der Waals surface area contributed by atoms with Gasteiger partial charge in [0.15, 0.2) is 0 Å². The van der Waals surface area contributed by atoms with Gasteiger partial charge in [0.05, 0.1) is 5.92 Å². The molecular weight excluding hydrogens is 367 g/mol. The van der Waals surface area contributed by atoms with Crippen LogP contribution in [-0.2, 0) is 11.2 Å². The number of hydrogen-bond donors (Lipinski definition) is 1. The first kappa shape index (κ1) is 19.4. The van der Waals surface area contributed by atoms with Gasteiger partial charge in [0.1, 0.15) is 5.82 Å². The Kier molecular flexibility index (Phi) is 6.45. The fraction of sp³-hybridized carbons (Fsp3) is 0.333. The van der Waals surface area contributed by atoms with Gasteiger partial charge in [0, 0.05) is 30.2 Å². The lowest BCUT2D eigenvalue weighted by molar-refractivity contribution is -0.126. The maximum Gasteiger partial charge on any atom is 0.253 e. The molecule has 1 atom stereocenters. The second-order valence-corrected chi connectivity index (χ2v) is 7.20. The molecule has 0 aliphatic carbocycles. The summed E-state index contributed by atoms with van der Waals surface area (Å²) in [6.45, 7) is 1.57. The molecule has 0 spiro atoms. The number of nitrogens with zero attached hydrogens (tertiary/aromatic N) is 1. The molecule has 1 fully saturated rings. The highest BCUT2D eigenvalue weighted by Crippen LogP contribution is 2.20. The van der Waals surface area contributed by atoms with Gasteiger partial charge >= 0.3 is 0 Å². The summed E-state index contributed by atoms with van der Waals surface area (Å²) in [7, 11) is 0. The summed E-state index contributed by atoms with van der Waals surface area (Å²) in [5, 5.41) is 3.52. The number of amides is 2. The summed E-state index contributed by atoms with van der Waals surface area (Å²) in [5.74, 6) is -0.583. The van der Waals surface area contributed by atoms with Crippen molar-refractivity contribution in [2.75, 3.05) is 19.6 Å². The number of halogens is 2. The van der Waals surface area contributed by atoms with E-state index in [-0.39, 0.29) is 23.5 Å². The van der Waals surface area contributed by atoms with E-state index in [1.54, 1.807) is 41.3 Å². The van der Waals surface area contributed by atoms with Crippen LogP contribution in [0.15, 0.2) is 48.5 Å². The second kappa shape index (κ2) is 9.00. The fourth-order valence-corrected chi connectivity index (χ4v) is 3.40. The van der Waals surface area contributed by atoms with Gasteiger partial charge in [-0.15, -0.1) is 0 Å². The van der Waals surface area contributed by atoms with E-state index in [1.165, 1.54) is 12.1 Å². The smallest absolute Gasteiger partial charge is 0.253 e. The lowest BCUT2D eigenvalue weighted by Gasteiger charge is -2.32. The number of likely N-dealkylation sites (tertiary alicyclic amines) is 1. The Labute approximate surface area is 163 Å². The minimum atomic E-state index is -0.268. The van der Waals surface area contributed by atoms with E-state index in [0.717, 1.165) is 18.4 Å². The molecule has 2 amide bonds. The number of carbonyl (C=O) groups is 2. The van der Waals surface area contributed by atoms with E-state index < -0.39 is 0 Å². The molecule has 1 saturated heterocycles. The molecule has 1 heterocycles. The Balaban J connectivity index is 1.50. The van der Waals surface area contributed by atoms with Crippen LogP contribution in [0.25, 0.3) is 0 Å². The topological polar surface area (TPSA) is 49.4 Å². The van der Waals surface area contributed by atoms with Crippen LogP contribution in [0.4, 0.5) is 4.39 Å². The second-order valence-electron chi connectivity index (χ2n) is 6.76. The number of rotatable bonds is 5. The number of hydrogen-bond acceptors (Lipinski definition) is 2. The quantitative estimate of drug-likeness (QED) is 0.849. The minimum absolute atomic E-state index is 0.0364. The standard InChI is InChI=1S/C21H22ClFN2O2/c22-18-7-5-16(6-8-18)21(27)25-13-1-2-17(14-25)20(26)24-12-11-15-3-9-19(23)10-4-15/h3-10,17H,1-2,11-14H2,(H,24,26)/t17-/m1/s1. The summed E-state index contributed by atoms with van der Waals surface area (Å²) in [6, 6.07) is 13.1. The van der Waals surface area contributed by atoms with Crippen molar-refractivity contribution in [2.24, 2.45) is 5.92 Å². The molecule has 27 heavy (non-hydrogen) atoms. The van der Waals surface area contributed by atoms with Crippen LogP contribution in [-0.4, -0.2) is 36.3 Å². The molecule has 0 unspecified atom stereocenters. The molecule has 1 aliphatic rings. The summed E-state index contributed by atoms with van der Waals surface area (Å²) in [5.41, 5.74) is 1.55. The van der Waals surface area contributed by atoms with E-state index >= 15 is 0 Å². The van der Waals surface area contributed by atoms with Crippen LogP contribution in [0.2, 0.25) is 5.02 Å². The first-order valence-corrected chi connectivity index (χ1v) is 9.48. The maximum absolute atomic E-state index is 12.9. The molecule has 0 aromatic heterocycles. The average Bonchev–Trinajstić information content (AvgIpc) is 2.69. The third-order valence-corrected chi connectivity index (χ3v) is 5.05. The molecule has 0 bridgehead atoms. The average molecular weight is 389 g/mol. The largest absolute Gasteiger partial charge is 0.355 e. The first-order chi connectivity index (χ1) is 13.0. The van der Waals surface area contributed by atoms with Crippen LogP contribution >= 0.6 is 11.6 Å². The summed E-state index contributed by atoms with van der Waals surface area (Å²) in [6.07, 6.45) is 2.22. The van der Waals surface area contributed by atoms with Crippen LogP contribution in [0.1, 0.15) is 28.8 Å². The Bertz CT molecular complexity index is 793. The van der Waals surface area contributed by atoms with Crippen molar-refractivity contribution >= 4 is 23.4 Å². The molecule has 142 valence electrons. The molecule has 1 N–H and O–H groups in total. The van der Waals surface area contributed by atoms with Gasteiger partial charge in [-0.2, -0.15) is 0 Å². The van der Waals surface area contributed by atoms with Gasteiger partial charge in [-0.25, -0.2) is 4.39 Å². The number of benzene rings is 2. The predicted octanol–water partition coefficient (Wildman–Crippen LogP) is 3.69. The molecule has 2 aromatic carbocycles. The molecular formula is C21H22ClFN2O2. The molecule has 2 aromatic rings. The van der Waals surface area contributed by atoms with Gasteiger partial charge < -0.3 is 10.2 Å². The minimum Gasteiger partial charge on any atom is -0.355 e. The van der Waals surface area contributed by atoms with Crippen molar-refractivity contribution in [3.8, 4) is 0 Å². The molecule has 3 rings (SSSR count). The van der Waals surface area contributed by atoms with Crippen LogP contribution < -0.4 is 5.32 Å². The third kappa shape index (κ3) is 5.30. The molecule has 0 radical (unpaired) electrons. The highest BCUT2D eigenvalue weighted by molar-refractivity contribution is 6.30. The Morgan fingerprint density at radius 1 is 1.11 bits per heavy atom.